The molecule has 0 amide bonds. The third kappa shape index (κ3) is 4.34. The Morgan fingerprint density at radius 1 is 1.30 bits per heavy atom. The fourth-order valence-electron chi connectivity index (χ4n) is 3.05. The van der Waals surface area contributed by atoms with Crippen LogP contribution in [0.1, 0.15) is 42.4 Å². The van der Waals surface area contributed by atoms with Gasteiger partial charge in [-0.2, -0.15) is 0 Å². The van der Waals surface area contributed by atoms with Crippen molar-refractivity contribution in [3.8, 4) is 0 Å². The molecule has 20 heavy (non-hydrogen) atoms. The Kier molecular flexibility index (Phi) is 5.18. The lowest BCUT2D eigenvalue weighted by Crippen LogP contribution is -2.24. The third-order valence-corrected chi connectivity index (χ3v) is 4.30. The van der Waals surface area contributed by atoms with Crippen LogP contribution in [0.5, 0.6) is 0 Å². The van der Waals surface area contributed by atoms with Crippen molar-refractivity contribution in [3.63, 3.8) is 0 Å². The third-order valence-electron chi connectivity index (χ3n) is 4.30. The fourth-order valence-corrected chi connectivity index (χ4v) is 3.05. The monoisotopic (exact) mass is 275 g/mol. The second kappa shape index (κ2) is 6.89. The van der Waals surface area contributed by atoms with E-state index in [9.17, 15) is 4.79 Å². The summed E-state index contributed by atoms with van der Waals surface area (Å²) in [7, 11) is 0. The van der Waals surface area contributed by atoms with Gasteiger partial charge in [-0.15, -0.1) is 0 Å². The molecule has 1 aromatic rings. The Morgan fingerprint density at radius 3 is 2.85 bits per heavy atom. The van der Waals surface area contributed by atoms with Gasteiger partial charge in [0, 0.05) is 13.0 Å². The van der Waals surface area contributed by atoms with Gasteiger partial charge < -0.3 is 5.11 Å². The normalized spacial score (nSPS) is 20.6. The number of likely N-dealkylation sites (tertiary alicyclic amines) is 1. The number of rotatable bonds is 4. The summed E-state index contributed by atoms with van der Waals surface area (Å²) < 4.78 is 0. The Labute approximate surface area is 121 Å². The van der Waals surface area contributed by atoms with Crippen molar-refractivity contribution in [3.05, 3.63) is 34.9 Å². The number of carbonyl (C=O) groups is 1. The number of hydrogen-bond donors (Lipinski definition) is 1. The summed E-state index contributed by atoms with van der Waals surface area (Å²) in [6.45, 7) is 7.40. The molecule has 110 valence electrons. The lowest BCUT2D eigenvalue weighted by molar-refractivity contribution is -0.138. The molecule has 1 aromatic carbocycles. The standard InChI is InChI=1S/C17H25NO2/c1-13-5-6-14(2)16(10-13)12-18-8-3-4-15(7-9-18)11-17(19)20/h5-6,10,15H,3-4,7-9,11-12H2,1-2H3,(H,19,20). The van der Waals surface area contributed by atoms with Crippen LogP contribution in [0.15, 0.2) is 18.2 Å². The first-order chi connectivity index (χ1) is 9.54. The molecule has 1 saturated heterocycles. The molecule has 0 saturated carbocycles. The number of nitrogens with zero attached hydrogens (tertiary/aromatic N) is 1. The molecule has 3 heteroatoms. The largest absolute Gasteiger partial charge is 0.481 e. The van der Waals surface area contributed by atoms with Crippen molar-refractivity contribution < 1.29 is 9.90 Å². The zero-order chi connectivity index (χ0) is 14.5. The Bertz CT molecular complexity index is 470. The summed E-state index contributed by atoms with van der Waals surface area (Å²) in [5, 5.41) is 8.91. The van der Waals surface area contributed by atoms with Crippen molar-refractivity contribution in [1.82, 2.24) is 4.90 Å². The molecular formula is C17H25NO2. The first-order valence-electron chi connectivity index (χ1n) is 7.55. The quantitative estimate of drug-likeness (QED) is 0.915. The molecule has 2 rings (SSSR count). The highest BCUT2D eigenvalue weighted by atomic mass is 16.4. The molecule has 1 unspecified atom stereocenters. The molecule has 1 heterocycles. The van der Waals surface area contributed by atoms with E-state index >= 15 is 0 Å². The van der Waals surface area contributed by atoms with Gasteiger partial charge >= 0.3 is 5.97 Å². The molecule has 0 aliphatic carbocycles. The second-order valence-corrected chi connectivity index (χ2v) is 6.10. The maximum absolute atomic E-state index is 10.8. The van der Waals surface area contributed by atoms with E-state index in [0.717, 1.165) is 38.9 Å². The van der Waals surface area contributed by atoms with Crippen LogP contribution in [-0.2, 0) is 11.3 Å². The van der Waals surface area contributed by atoms with Crippen LogP contribution in [0.25, 0.3) is 0 Å². The number of aliphatic carboxylic acids is 1. The average Bonchev–Trinajstić information content (AvgIpc) is 2.59. The van der Waals surface area contributed by atoms with E-state index < -0.39 is 5.97 Å². The molecule has 1 N–H and O–H groups in total. The molecular weight excluding hydrogens is 250 g/mol. The Morgan fingerprint density at radius 2 is 2.10 bits per heavy atom. The van der Waals surface area contributed by atoms with Crippen LogP contribution in [0, 0.1) is 19.8 Å². The summed E-state index contributed by atoms with van der Waals surface area (Å²) in [5.74, 6) is -0.297. The van der Waals surface area contributed by atoms with Crippen molar-refractivity contribution >= 4 is 5.97 Å². The molecule has 0 bridgehead atoms. The SMILES string of the molecule is Cc1ccc(C)c(CN2CCCC(CC(=O)O)CC2)c1. The predicted octanol–water partition coefficient (Wildman–Crippen LogP) is 3.38. The Balaban J connectivity index is 1.94. The van der Waals surface area contributed by atoms with Crippen LogP contribution in [0.4, 0.5) is 0 Å². The average molecular weight is 275 g/mol. The molecule has 1 aliphatic rings. The molecule has 0 radical (unpaired) electrons. The van der Waals surface area contributed by atoms with E-state index in [0.29, 0.717) is 12.3 Å². The maximum atomic E-state index is 10.8. The van der Waals surface area contributed by atoms with Crippen LogP contribution in [0.3, 0.4) is 0 Å². The van der Waals surface area contributed by atoms with Crippen LogP contribution in [0.2, 0.25) is 0 Å². The summed E-state index contributed by atoms with van der Waals surface area (Å²) in [6.07, 6.45) is 3.51. The van der Waals surface area contributed by atoms with Gasteiger partial charge in [0.1, 0.15) is 0 Å². The van der Waals surface area contributed by atoms with Gasteiger partial charge in [-0.05, 0) is 63.2 Å². The van der Waals surface area contributed by atoms with Gasteiger partial charge in [0.25, 0.3) is 0 Å². The number of carboxylic acid groups (broad SMARTS) is 1. The van der Waals surface area contributed by atoms with E-state index in [1.54, 1.807) is 0 Å². The van der Waals surface area contributed by atoms with Gasteiger partial charge in [0.15, 0.2) is 0 Å². The molecule has 1 aliphatic heterocycles. The van der Waals surface area contributed by atoms with E-state index in [1.807, 2.05) is 0 Å². The molecule has 1 atom stereocenters. The molecule has 3 nitrogen and oxygen atoms in total. The smallest absolute Gasteiger partial charge is 0.303 e. The van der Waals surface area contributed by atoms with Crippen molar-refractivity contribution in [2.45, 2.75) is 46.1 Å². The first kappa shape index (κ1) is 15.0. The van der Waals surface area contributed by atoms with Crippen LogP contribution >= 0.6 is 0 Å². The molecule has 0 aromatic heterocycles. The fraction of sp³-hybridized carbons (Fsp3) is 0.588. The minimum absolute atomic E-state index is 0.331. The zero-order valence-electron chi connectivity index (χ0n) is 12.6. The van der Waals surface area contributed by atoms with E-state index in [2.05, 4.69) is 36.9 Å². The summed E-state index contributed by atoms with van der Waals surface area (Å²) >= 11 is 0. The van der Waals surface area contributed by atoms with Gasteiger partial charge in [-0.1, -0.05) is 23.8 Å². The first-order valence-corrected chi connectivity index (χ1v) is 7.55. The van der Waals surface area contributed by atoms with Crippen LogP contribution in [-0.4, -0.2) is 29.1 Å². The number of aryl methyl sites for hydroxylation is 2. The van der Waals surface area contributed by atoms with Crippen molar-refractivity contribution in [2.24, 2.45) is 5.92 Å². The van der Waals surface area contributed by atoms with E-state index in [4.69, 9.17) is 5.11 Å². The number of hydrogen-bond acceptors (Lipinski definition) is 2. The van der Waals surface area contributed by atoms with Gasteiger partial charge in [-0.3, -0.25) is 9.69 Å². The topological polar surface area (TPSA) is 40.5 Å². The van der Waals surface area contributed by atoms with Gasteiger partial charge in [0.2, 0.25) is 0 Å². The van der Waals surface area contributed by atoms with Crippen molar-refractivity contribution in [1.29, 1.82) is 0 Å². The van der Waals surface area contributed by atoms with Crippen LogP contribution < -0.4 is 0 Å². The minimum atomic E-state index is -0.655. The van der Waals surface area contributed by atoms with Gasteiger partial charge in [0.05, 0.1) is 0 Å². The van der Waals surface area contributed by atoms with Crippen molar-refractivity contribution in [2.75, 3.05) is 13.1 Å². The summed E-state index contributed by atoms with van der Waals surface area (Å²) in [4.78, 5) is 13.3. The van der Waals surface area contributed by atoms with E-state index in [-0.39, 0.29) is 0 Å². The highest BCUT2D eigenvalue weighted by Crippen LogP contribution is 2.22. The van der Waals surface area contributed by atoms with E-state index in [1.165, 1.54) is 16.7 Å². The highest BCUT2D eigenvalue weighted by molar-refractivity contribution is 5.67. The zero-order valence-corrected chi connectivity index (χ0v) is 12.6. The second-order valence-electron chi connectivity index (χ2n) is 6.10. The molecule has 1 fully saturated rings. The minimum Gasteiger partial charge on any atom is -0.481 e. The lowest BCUT2D eigenvalue weighted by Gasteiger charge is -2.21. The summed E-state index contributed by atoms with van der Waals surface area (Å²) in [6, 6.07) is 6.62. The maximum Gasteiger partial charge on any atom is 0.303 e. The highest BCUT2D eigenvalue weighted by Gasteiger charge is 2.19. The predicted molar refractivity (Wildman–Crippen MR) is 80.8 cm³/mol. The van der Waals surface area contributed by atoms with Gasteiger partial charge in [-0.25, -0.2) is 0 Å². The number of carboxylic acids is 1. The summed E-state index contributed by atoms with van der Waals surface area (Å²) in [5.41, 5.74) is 4.06. The number of benzene rings is 1. The molecule has 0 spiro atoms. The lowest BCUT2D eigenvalue weighted by atomic mass is 9.97. The Hall–Kier alpha value is -1.35.